The summed E-state index contributed by atoms with van der Waals surface area (Å²) in [4.78, 5) is 0. The summed E-state index contributed by atoms with van der Waals surface area (Å²) in [6.07, 6.45) is 1.49. The van der Waals surface area contributed by atoms with Crippen LogP contribution in [0.4, 0.5) is 5.82 Å². The highest BCUT2D eigenvalue weighted by atomic mass is 127. The lowest BCUT2D eigenvalue weighted by atomic mass is 10.1. The van der Waals surface area contributed by atoms with Gasteiger partial charge in [-0.1, -0.05) is 0 Å². The van der Waals surface area contributed by atoms with E-state index >= 15 is 0 Å². The van der Waals surface area contributed by atoms with Gasteiger partial charge in [0.2, 0.25) is 0 Å². The van der Waals surface area contributed by atoms with Crippen molar-refractivity contribution in [1.82, 2.24) is 10.2 Å². The van der Waals surface area contributed by atoms with Crippen molar-refractivity contribution < 1.29 is 5.11 Å². The van der Waals surface area contributed by atoms with Crippen molar-refractivity contribution in [3.63, 3.8) is 0 Å². The molecule has 0 atom stereocenters. The first kappa shape index (κ1) is 15.6. The average Bonchev–Trinajstić information content (AvgIpc) is 2.82. The van der Waals surface area contributed by atoms with Crippen LogP contribution in [0.3, 0.4) is 0 Å². The number of nitrogens with two attached hydrogens (primary N) is 1. The summed E-state index contributed by atoms with van der Waals surface area (Å²) >= 11 is 4.13. The van der Waals surface area contributed by atoms with Crippen LogP contribution in [0.1, 0.15) is 16.8 Å². The molecule has 0 aliphatic heterocycles. The van der Waals surface area contributed by atoms with Crippen LogP contribution < -0.4 is 5.73 Å². The molecule has 2 aromatic rings. The minimum atomic E-state index is 0.0371. The number of hydrogen-bond donors (Lipinski definition) is 3. The summed E-state index contributed by atoms with van der Waals surface area (Å²) in [5.41, 5.74) is 6.57. The van der Waals surface area contributed by atoms with Gasteiger partial charge in [0.05, 0.1) is 14.8 Å². The molecule has 0 amide bonds. The molecule has 0 aliphatic carbocycles. The van der Waals surface area contributed by atoms with Crippen LogP contribution in [0, 0.1) is 29.8 Å². The largest absolute Gasteiger partial charge is 0.506 e. The molecule has 104 valence electrons. The van der Waals surface area contributed by atoms with Crippen LogP contribution in [0.15, 0.2) is 12.1 Å². The molecular formula is C13H7I2N5O. The van der Waals surface area contributed by atoms with Gasteiger partial charge in [0.1, 0.15) is 23.5 Å². The zero-order chi connectivity index (χ0) is 15.6. The van der Waals surface area contributed by atoms with E-state index in [0.717, 1.165) is 3.57 Å². The van der Waals surface area contributed by atoms with E-state index in [0.29, 0.717) is 9.13 Å². The molecule has 2 rings (SSSR count). The molecule has 0 unspecified atom stereocenters. The number of phenols is 1. The van der Waals surface area contributed by atoms with E-state index in [2.05, 4.69) is 32.8 Å². The van der Waals surface area contributed by atoms with Crippen molar-refractivity contribution in [2.75, 3.05) is 5.73 Å². The fraction of sp³-hybridized carbons (Fsp3) is 0. The van der Waals surface area contributed by atoms with Crippen LogP contribution in [-0.2, 0) is 0 Å². The van der Waals surface area contributed by atoms with Gasteiger partial charge in [-0.15, -0.1) is 0 Å². The summed E-state index contributed by atoms with van der Waals surface area (Å²) in [5.74, 6) is 0.116. The Bertz CT molecular complexity index is 826. The number of anilines is 1. The third-order valence-electron chi connectivity index (χ3n) is 2.65. The zero-order valence-electron chi connectivity index (χ0n) is 10.4. The lowest BCUT2D eigenvalue weighted by molar-refractivity contribution is 0.470. The number of benzene rings is 1. The number of nitriles is 2. The normalized spacial score (nSPS) is 11.0. The first-order chi connectivity index (χ1) is 9.97. The van der Waals surface area contributed by atoms with Crippen LogP contribution in [0.5, 0.6) is 5.75 Å². The van der Waals surface area contributed by atoms with Crippen molar-refractivity contribution in [3.05, 3.63) is 36.1 Å². The molecule has 0 spiro atoms. The van der Waals surface area contributed by atoms with E-state index < -0.39 is 0 Å². The van der Waals surface area contributed by atoms with Gasteiger partial charge >= 0.3 is 0 Å². The van der Waals surface area contributed by atoms with Gasteiger partial charge in [0.25, 0.3) is 0 Å². The third kappa shape index (κ3) is 3.11. The number of halogens is 2. The van der Waals surface area contributed by atoms with Gasteiger partial charge < -0.3 is 10.8 Å². The van der Waals surface area contributed by atoms with Crippen LogP contribution in [-0.4, -0.2) is 15.3 Å². The van der Waals surface area contributed by atoms with Gasteiger partial charge in [-0.05, 0) is 63.4 Å². The first-order valence-electron chi connectivity index (χ1n) is 5.52. The molecule has 0 fully saturated rings. The number of hydrogen-bond acceptors (Lipinski definition) is 5. The Morgan fingerprint density at radius 2 is 2.10 bits per heavy atom. The summed E-state index contributed by atoms with van der Waals surface area (Å²) in [6, 6.07) is 7.45. The van der Waals surface area contributed by atoms with Gasteiger partial charge in [0, 0.05) is 9.13 Å². The van der Waals surface area contributed by atoms with E-state index in [4.69, 9.17) is 11.0 Å². The maximum absolute atomic E-state index is 10.1. The van der Waals surface area contributed by atoms with Crippen molar-refractivity contribution in [3.8, 4) is 17.9 Å². The average molecular weight is 503 g/mol. The van der Waals surface area contributed by atoms with E-state index in [1.165, 1.54) is 6.08 Å². The Morgan fingerprint density at radius 3 is 2.71 bits per heavy atom. The summed E-state index contributed by atoms with van der Waals surface area (Å²) < 4.78 is 1.59. The van der Waals surface area contributed by atoms with Crippen LogP contribution in [0.25, 0.3) is 11.6 Å². The number of rotatable bonds is 2. The molecule has 0 radical (unpaired) electrons. The first-order valence-corrected chi connectivity index (χ1v) is 7.67. The fourth-order valence-corrected chi connectivity index (χ4v) is 3.57. The second-order valence-corrected chi connectivity index (χ2v) is 6.37. The number of aromatic nitrogens is 2. The number of nitrogens with one attached hydrogen (secondary N) is 1. The minimum Gasteiger partial charge on any atom is -0.506 e. The molecule has 0 bridgehead atoms. The Kier molecular flexibility index (Phi) is 4.69. The third-order valence-corrected chi connectivity index (χ3v) is 4.10. The van der Waals surface area contributed by atoms with Gasteiger partial charge in [0.15, 0.2) is 5.82 Å². The molecule has 0 saturated heterocycles. The number of nitrogens with zero attached hydrogens (tertiary/aromatic N) is 3. The molecule has 1 heterocycles. The van der Waals surface area contributed by atoms with Crippen LogP contribution >= 0.6 is 45.2 Å². The van der Waals surface area contributed by atoms with E-state index in [1.54, 1.807) is 6.07 Å². The van der Waals surface area contributed by atoms with Crippen molar-refractivity contribution in [2.45, 2.75) is 0 Å². The highest BCUT2D eigenvalue weighted by Crippen LogP contribution is 2.31. The lowest BCUT2D eigenvalue weighted by Gasteiger charge is -2.04. The topological polar surface area (TPSA) is 123 Å². The van der Waals surface area contributed by atoms with Gasteiger partial charge in [-0.2, -0.15) is 15.6 Å². The van der Waals surface area contributed by atoms with E-state index in [9.17, 15) is 10.4 Å². The quantitative estimate of drug-likeness (QED) is 0.430. The number of phenolic OH excluding ortho intramolecular Hbond substituents is 1. The van der Waals surface area contributed by atoms with Gasteiger partial charge in [-0.3, -0.25) is 5.10 Å². The Morgan fingerprint density at radius 1 is 1.38 bits per heavy atom. The standard InChI is InChI=1S/C13H7I2N5O/c14-8-2-6(12(21)10(15)3-8)1-7(4-16)11-9(5-17)13(18)20-19-11/h1-3,21H,(H3,18,19,20). The molecular weight excluding hydrogens is 496 g/mol. The maximum Gasteiger partial charge on any atom is 0.163 e. The second-order valence-electron chi connectivity index (χ2n) is 3.97. The maximum atomic E-state index is 10.1. The monoisotopic (exact) mass is 503 g/mol. The number of allylic oxidation sites excluding steroid dienone is 1. The number of aromatic hydroxyl groups is 1. The smallest absolute Gasteiger partial charge is 0.163 e. The van der Waals surface area contributed by atoms with Crippen molar-refractivity contribution in [2.24, 2.45) is 0 Å². The van der Waals surface area contributed by atoms with E-state index in [-0.39, 0.29) is 28.4 Å². The molecule has 4 N–H and O–H groups in total. The number of nitrogen functional groups attached to an aromatic ring is 1. The molecule has 1 aromatic carbocycles. The Balaban J connectivity index is 2.63. The predicted molar refractivity (Wildman–Crippen MR) is 94.7 cm³/mol. The zero-order valence-corrected chi connectivity index (χ0v) is 14.7. The van der Waals surface area contributed by atoms with E-state index in [1.807, 2.05) is 40.8 Å². The molecule has 6 nitrogen and oxygen atoms in total. The predicted octanol–water partition coefficient (Wildman–Crippen LogP) is 2.84. The fourth-order valence-electron chi connectivity index (χ4n) is 1.68. The molecule has 0 aliphatic rings. The minimum absolute atomic E-state index is 0.0371. The molecule has 1 aromatic heterocycles. The van der Waals surface area contributed by atoms with Crippen molar-refractivity contribution in [1.29, 1.82) is 10.5 Å². The SMILES string of the molecule is N#CC(=Cc1cc(I)cc(I)c1O)c1[nH]nc(N)c1C#N. The highest BCUT2D eigenvalue weighted by Gasteiger charge is 2.15. The molecule has 8 heteroatoms. The summed E-state index contributed by atoms with van der Waals surface area (Å²) in [6.45, 7) is 0. The molecule has 0 saturated carbocycles. The lowest BCUT2D eigenvalue weighted by Crippen LogP contribution is -1.90. The highest BCUT2D eigenvalue weighted by molar-refractivity contribution is 14.1. The molecule has 21 heavy (non-hydrogen) atoms. The Labute approximate surface area is 147 Å². The van der Waals surface area contributed by atoms with Crippen molar-refractivity contribution >= 4 is 62.6 Å². The van der Waals surface area contributed by atoms with Gasteiger partial charge in [-0.25, -0.2) is 0 Å². The number of H-pyrrole nitrogens is 1. The Hall–Kier alpha value is -1.79. The second kappa shape index (κ2) is 6.32. The number of aromatic amines is 1. The summed E-state index contributed by atoms with van der Waals surface area (Å²) in [5, 5.41) is 34.7. The van der Waals surface area contributed by atoms with Crippen LogP contribution in [0.2, 0.25) is 0 Å². The summed E-state index contributed by atoms with van der Waals surface area (Å²) in [7, 11) is 0.